The number of carbonyl (C=O) groups excluding carboxylic acids is 2. The Bertz CT molecular complexity index is 286. The first-order valence-corrected chi connectivity index (χ1v) is 5.79. The van der Waals surface area contributed by atoms with E-state index in [1.807, 2.05) is 13.8 Å². The van der Waals surface area contributed by atoms with Gasteiger partial charge in [0.25, 0.3) is 0 Å². The number of carbonyl (C=O) groups is 2. The third kappa shape index (κ3) is 1.73. The smallest absolute Gasteiger partial charge is 0.246 e. The van der Waals surface area contributed by atoms with Crippen LogP contribution in [0.25, 0.3) is 0 Å². The number of hydrogen-bond acceptors (Lipinski definition) is 2. The Morgan fingerprint density at radius 1 is 1.33 bits per heavy atom. The molecule has 4 nitrogen and oxygen atoms in total. The molecule has 0 aromatic carbocycles. The Balaban J connectivity index is 2.16. The summed E-state index contributed by atoms with van der Waals surface area (Å²) in [5, 5.41) is 2.86. The van der Waals surface area contributed by atoms with E-state index in [1.165, 1.54) is 0 Å². The van der Waals surface area contributed by atoms with Crippen LogP contribution in [0.1, 0.15) is 33.1 Å². The van der Waals surface area contributed by atoms with Crippen molar-refractivity contribution in [2.75, 3.05) is 6.54 Å². The van der Waals surface area contributed by atoms with Gasteiger partial charge in [0, 0.05) is 6.54 Å². The first-order chi connectivity index (χ1) is 7.19. The lowest BCUT2D eigenvalue weighted by atomic mass is 10.0. The topological polar surface area (TPSA) is 49.4 Å². The van der Waals surface area contributed by atoms with Gasteiger partial charge in [-0.05, 0) is 32.1 Å². The van der Waals surface area contributed by atoms with Crippen LogP contribution in [0.4, 0.5) is 0 Å². The highest BCUT2D eigenvalue weighted by Crippen LogP contribution is 2.35. The van der Waals surface area contributed by atoms with Crippen LogP contribution in [0.5, 0.6) is 0 Å². The number of nitrogens with zero attached hydrogens (tertiary/aromatic N) is 1. The molecule has 1 aliphatic carbocycles. The Kier molecular flexibility index (Phi) is 2.67. The molecule has 1 heterocycles. The summed E-state index contributed by atoms with van der Waals surface area (Å²) in [6, 6.07) is -0.488. The highest BCUT2D eigenvalue weighted by molar-refractivity contribution is 5.97. The number of rotatable bonds is 3. The van der Waals surface area contributed by atoms with Crippen LogP contribution < -0.4 is 5.32 Å². The number of nitrogens with one attached hydrogen (secondary N) is 1. The predicted octanol–water partition coefficient (Wildman–Crippen LogP) is 0.522. The van der Waals surface area contributed by atoms with Crippen molar-refractivity contribution in [3.05, 3.63) is 0 Å². The molecule has 1 aliphatic heterocycles. The highest BCUT2D eigenvalue weighted by atomic mass is 16.2. The average molecular weight is 210 g/mol. The van der Waals surface area contributed by atoms with E-state index in [1.54, 1.807) is 4.90 Å². The van der Waals surface area contributed by atoms with Gasteiger partial charge in [-0.1, -0.05) is 6.92 Å². The number of amides is 2. The van der Waals surface area contributed by atoms with Crippen molar-refractivity contribution in [1.82, 2.24) is 10.2 Å². The Morgan fingerprint density at radius 2 is 2.00 bits per heavy atom. The second-order valence-electron chi connectivity index (χ2n) is 4.37. The molecule has 0 aromatic rings. The second-order valence-corrected chi connectivity index (χ2v) is 4.37. The predicted molar refractivity (Wildman–Crippen MR) is 56.1 cm³/mol. The quantitative estimate of drug-likeness (QED) is 0.738. The van der Waals surface area contributed by atoms with E-state index in [0.717, 1.165) is 12.8 Å². The third-order valence-electron chi connectivity index (χ3n) is 3.35. The molecule has 2 rings (SSSR count). The summed E-state index contributed by atoms with van der Waals surface area (Å²) in [5.74, 6) is 0.538. The Hall–Kier alpha value is -1.06. The molecule has 2 fully saturated rings. The monoisotopic (exact) mass is 210 g/mol. The van der Waals surface area contributed by atoms with Crippen LogP contribution in [0.15, 0.2) is 0 Å². The fourth-order valence-corrected chi connectivity index (χ4v) is 2.32. The molecule has 4 heteroatoms. The van der Waals surface area contributed by atoms with Crippen molar-refractivity contribution in [1.29, 1.82) is 0 Å². The van der Waals surface area contributed by atoms with Crippen molar-refractivity contribution in [2.24, 2.45) is 5.92 Å². The van der Waals surface area contributed by atoms with Gasteiger partial charge < -0.3 is 10.2 Å². The maximum absolute atomic E-state index is 12.1. The zero-order valence-electron chi connectivity index (χ0n) is 9.32. The summed E-state index contributed by atoms with van der Waals surface area (Å²) in [6.07, 6.45) is 2.85. The Labute approximate surface area is 90.0 Å². The van der Waals surface area contributed by atoms with Gasteiger partial charge in [0.2, 0.25) is 11.8 Å². The van der Waals surface area contributed by atoms with Crippen molar-refractivity contribution in [3.63, 3.8) is 0 Å². The average Bonchev–Trinajstić information content (AvgIpc) is 3.03. The highest BCUT2D eigenvalue weighted by Gasteiger charge is 2.45. The standard InChI is InChI=1S/C11H18N2O2/c1-3-8-10(14)12-9(7-5-6-7)11(15)13(8)4-2/h7-9H,3-6H2,1-2H3,(H,12,14). The van der Waals surface area contributed by atoms with E-state index >= 15 is 0 Å². The van der Waals surface area contributed by atoms with Crippen molar-refractivity contribution in [3.8, 4) is 0 Å². The summed E-state index contributed by atoms with van der Waals surface area (Å²) in [6.45, 7) is 4.51. The van der Waals surface area contributed by atoms with Gasteiger partial charge in [-0.3, -0.25) is 9.59 Å². The Morgan fingerprint density at radius 3 is 2.47 bits per heavy atom. The molecular weight excluding hydrogens is 192 g/mol. The van der Waals surface area contributed by atoms with Crippen LogP contribution in [0.2, 0.25) is 0 Å². The lowest BCUT2D eigenvalue weighted by molar-refractivity contribution is -0.149. The van der Waals surface area contributed by atoms with Crippen LogP contribution >= 0.6 is 0 Å². The first kappa shape index (κ1) is 10.5. The lowest BCUT2D eigenvalue weighted by Crippen LogP contribution is -2.63. The summed E-state index contributed by atoms with van der Waals surface area (Å²) in [7, 11) is 0. The van der Waals surface area contributed by atoms with Gasteiger partial charge >= 0.3 is 0 Å². The SMILES string of the molecule is CCC1C(=O)NC(C2CC2)C(=O)N1CC. The van der Waals surface area contributed by atoms with Crippen LogP contribution in [-0.4, -0.2) is 35.3 Å². The number of likely N-dealkylation sites (N-methyl/N-ethyl adjacent to an activating group) is 1. The zero-order valence-corrected chi connectivity index (χ0v) is 9.32. The number of piperazine rings is 1. The van der Waals surface area contributed by atoms with Crippen LogP contribution in [-0.2, 0) is 9.59 Å². The number of hydrogen-bond donors (Lipinski definition) is 1. The summed E-state index contributed by atoms with van der Waals surface area (Å²) >= 11 is 0. The van der Waals surface area contributed by atoms with E-state index in [9.17, 15) is 9.59 Å². The van der Waals surface area contributed by atoms with E-state index in [-0.39, 0.29) is 23.9 Å². The molecule has 15 heavy (non-hydrogen) atoms. The van der Waals surface area contributed by atoms with Crippen LogP contribution in [0, 0.1) is 5.92 Å². The zero-order chi connectivity index (χ0) is 11.0. The van der Waals surface area contributed by atoms with Crippen molar-refractivity contribution >= 4 is 11.8 Å². The molecule has 0 spiro atoms. The molecular formula is C11H18N2O2. The van der Waals surface area contributed by atoms with E-state index in [4.69, 9.17) is 0 Å². The van der Waals surface area contributed by atoms with Gasteiger partial charge in [-0.2, -0.15) is 0 Å². The van der Waals surface area contributed by atoms with Crippen molar-refractivity contribution < 1.29 is 9.59 Å². The minimum absolute atomic E-state index is 0.0239. The minimum atomic E-state index is -0.252. The fourth-order valence-electron chi connectivity index (χ4n) is 2.32. The first-order valence-electron chi connectivity index (χ1n) is 5.79. The molecule has 1 N–H and O–H groups in total. The van der Waals surface area contributed by atoms with Gasteiger partial charge in [0.1, 0.15) is 12.1 Å². The van der Waals surface area contributed by atoms with Gasteiger partial charge in [-0.15, -0.1) is 0 Å². The van der Waals surface area contributed by atoms with Gasteiger partial charge in [-0.25, -0.2) is 0 Å². The lowest BCUT2D eigenvalue weighted by Gasteiger charge is -2.38. The maximum Gasteiger partial charge on any atom is 0.246 e. The largest absolute Gasteiger partial charge is 0.342 e. The molecule has 2 amide bonds. The molecule has 2 aliphatic rings. The molecule has 0 bridgehead atoms. The van der Waals surface area contributed by atoms with Gasteiger partial charge in [0.05, 0.1) is 0 Å². The summed E-state index contributed by atoms with van der Waals surface area (Å²) < 4.78 is 0. The van der Waals surface area contributed by atoms with Crippen molar-refractivity contribution in [2.45, 2.75) is 45.2 Å². The maximum atomic E-state index is 12.1. The third-order valence-corrected chi connectivity index (χ3v) is 3.35. The normalized spacial score (nSPS) is 31.7. The van der Waals surface area contributed by atoms with Crippen LogP contribution in [0.3, 0.4) is 0 Å². The van der Waals surface area contributed by atoms with E-state index in [0.29, 0.717) is 18.9 Å². The molecule has 1 saturated heterocycles. The molecule has 84 valence electrons. The fraction of sp³-hybridized carbons (Fsp3) is 0.818. The van der Waals surface area contributed by atoms with Gasteiger partial charge in [0.15, 0.2) is 0 Å². The molecule has 0 aromatic heterocycles. The second kappa shape index (κ2) is 3.83. The summed E-state index contributed by atoms with van der Waals surface area (Å²) in [4.78, 5) is 25.6. The summed E-state index contributed by atoms with van der Waals surface area (Å²) in [5.41, 5.74) is 0. The molecule has 2 atom stereocenters. The minimum Gasteiger partial charge on any atom is -0.342 e. The van der Waals surface area contributed by atoms with E-state index in [2.05, 4.69) is 5.32 Å². The molecule has 1 saturated carbocycles. The molecule has 0 radical (unpaired) electrons. The molecule has 2 unspecified atom stereocenters. The van der Waals surface area contributed by atoms with E-state index < -0.39 is 0 Å².